The highest BCUT2D eigenvalue weighted by atomic mass is 35.5. The third kappa shape index (κ3) is 6.34. The van der Waals surface area contributed by atoms with Crippen molar-refractivity contribution in [3.63, 3.8) is 0 Å². The number of nitrogens with zero attached hydrogens (tertiary/aromatic N) is 1. The molecule has 1 aliphatic heterocycles. The van der Waals surface area contributed by atoms with Gasteiger partial charge in [-0.15, -0.1) is 0 Å². The summed E-state index contributed by atoms with van der Waals surface area (Å²) >= 11 is 6.16. The molecule has 1 amide bonds. The van der Waals surface area contributed by atoms with Crippen LogP contribution >= 0.6 is 11.6 Å². The van der Waals surface area contributed by atoms with Gasteiger partial charge in [0.15, 0.2) is 6.10 Å². The fourth-order valence-electron chi connectivity index (χ4n) is 3.65. The van der Waals surface area contributed by atoms with Crippen LogP contribution in [0, 0.1) is 0 Å². The van der Waals surface area contributed by atoms with E-state index in [1.165, 1.54) is 29.4 Å². The van der Waals surface area contributed by atoms with Gasteiger partial charge in [-0.2, -0.15) is 4.31 Å². The molecule has 0 radical (unpaired) electrons. The lowest BCUT2D eigenvalue weighted by Gasteiger charge is -2.26. The maximum atomic E-state index is 13.0. The summed E-state index contributed by atoms with van der Waals surface area (Å²) in [5.74, 6) is -1.13. The minimum atomic E-state index is -3.82. The van der Waals surface area contributed by atoms with E-state index in [0.29, 0.717) is 19.6 Å². The molecule has 33 heavy (non-hydrogen) atoms. The molecule has 2 atom stereocenters. The molecule has 1 N–H and O–H groups in total. The first-order chi connectivity index (χ1) is 15.7. The van der Waals surface area contributed by atoms with E-state index in [1.807, 2.05) is 37.3 Å². The Labute approximate surface area is 200 Å². The van der Waals surface area contributed by atoms with Gasteiger partial charge < -0.3 is 10.1 Å². The highest BCUT2D eigenvalue weighted by Crippen LogP contribution is 2.28. The van der Waals surface area contributed by atoms with Gasteiger partial charge in [-0.05, 0) is 49.4 Å². The molecule has 1 heterocycles. The summed E-state index contributed by atoms with van der Waals surface area (Å²) in [6, 6.07) is 13.7. The van der Waals surface area contributed by atoms with Gasteiger partial charge in [-0.3, -0.25) is 4.79 Å². The van der Waals surface area contributed by atoms with Gasteiger partial charge in [0.25, 0.3) is 5.91 Å². The van der Waals surface area contributed by atoms with Crippen LogP contribution in [0.1, 0.15) is 54.9 Å². The number of carbonyl (C=O) groups is 2. The average Bonchev–Trinajstić information content (AvgIpc) is 2.83. The quantitative estimate of drug-likeness (QED) is 0.562. The highest BCUT2D eigenvalue weighted by Gasteiger charge is 2.29. The predicted molar refractivity (Wildman–Crippen MR) is 127 cm³/mol. The molecule has 9 heteroatoms. The molecule has 2 aromatic rings. The van der Waals surface area contributed by atoms with Crippen LogP contribution in [0.4, 0.5) is 0 Å². The molecular formula is C24H29ClN2O5S. The molecule has 0 spiro atoms. The van der Waals surface area contributed by atoms with Crippen molar-refractivity contribution in [1.82, 2.24) is 9.62 Å². The number of hydrogen-bond donors (Lipinski definition) is 1. The molecule has 7 nitrogen and oxygen atoms in total. The predicted octanol–water partition coefficient (Wildman–Crippen LogP) is 3.98. The van der Waals surface area contributed by atoms with Crippen molar-refractivity contribution in [3.05, 3.63) is 64.7 Å². The number of halogens is 1. The summed E-state index contributed by atoms with van der Waals surface area (Å²) in [5, 5.41) is 2.83. The van der Waals surface area contributed by atoms with Crippen molar-refractivity contribution >= 4 is 33.5 Å². The van der Waals surface area contributed by atoms with Gasteiger partial charge in [-0.1, -0.05) is 55.3 Å². The minimum Gasteiger partial charge on any atom is -0.449 e. The normalized spacial score (nSPS) is 16.6. The number of rotatable bonds is 8. The van der Waals surface area contributed by atoms with Crippen LogP contribution in [-0.2, 0) is 19.6 Å². The average molecular weight is 493 g/mol. The van der Waals surface area contributed by atoms with Crippen LogP contribution in [0.15, 0.2) is 53.4 Å². The van der Waals surface area contributed by atoms with E-state index < -0.39 is 28.0 Å². The van der Waals surface area contributed by atoms with Crippen LogP contribution in [0.25, 0.3) is 0 Å². The molecule has 2 unspecified atom stereocenters. The molecule has 0 aromatic heterocycles. The lowest BCUT2D eigenvalue weighted by atomic mass is 10.0. The van der Waals surface area contributed by atoms with Gasteiger partial charge in [-0.25, -0.2) is 13.2 Å². The van der Waals surface area contributed by atoms with Crippen molar-refractivity contribution in [2.75, 3.05) is 19.6 Å². The number of benzene rings is 2. The Morgan fingerprint density at radius 2 is 1.73 bits per heavy atom. The molecule has 0 aliphatic carbocycles. The summed E-state index contributed by atoms with van der Waals surface area (Å²) in [6.07, 6.45) is 1.51. The third-order valence-electron chi connectivity index (χ3n) is 5.70. The van der Waals surface area contributed by atoms with Crippen LogP contribution in [0.2, 0.25) is 5.02 Å². The Bertz CT molecular complexity index is 1090. The maximum absolute atomic E-state index is 13.0. The fraction of sp³-hybridized carbons (Fsp3) is 0.417. The lowest BCUT2D eigenvalue weighted by molar-refractivity contribution is -0.129. The van der Waals surface area contributed by atoms with Crippen LogP contribution in [0.5, 0.6) is 0 Å². The summed E-state index contributed by atoms with van der Waals surface area (Å²) < 4.78 is 32.7. The molecule has 1 saturated heterocycles. The number of carbonyl (C=O) groups excluding carboxylic acids is 2. The Balaban J connectivity index is 1.63. The first-order valence-electron chi connectivity index (χ1n) is 11.0. The molecular weight excluding hydrogens is 464 g/mol. The maximum Gasteiger partial charge on any atom is 0.338 e. The van der Waals surface area contributed by atoms with Crippen LogP contribution in [0.3, 0.4) is 0 Å². The van der Waals surface area contributed by atoms with Crippen molar-refractivity contribution in [3.8, 4) is 0 Å². The monoisotopic (exact) mass is 492 g/mol. The summed E-state index contributed by atoms with van der Waals surface area (Å²) in [5.41, 5.74) is 1.11. The molecule has 1 aliphatic rings. The third-order valence-corrected chi connectivity index (χ3v) is 8.08. The standard InChI is InChI=1S/C24H29ClN2O5S/c1-17(19-9-5-3-6-10-19)16-26-23(28)18(2)32-24(29)20-11-12-21(25)22(15-20)33(30,31)27-13-7-4-8-14-27/h3,5-6,9-12,15,17-18H,4,7-8,13-14,16H2,1-2H3,(H,26,28). The molecule has 0 saturated carbocycles. The number of piperidine rings is 1. The molecule has 3 rings (SSSR count). The summed E-state index contributed by atoms with van der Waals surface area (Å²) in [6.45, 7) is 4.70. The zero-order chi connectivity index (χ0) is 24.0. The van der Waals surface area contributed by atoms with Crippen LogP contribution in [-0.4, -0.2) is 50.3 Å². The van der Waals surface area contributed by atoms with E-state index >= 15 is 0 Å². The smallest absolute Gasteiger partial charge is 0.338 e. The molecule has 0 bridgehead atoms. The first-order valence-corrected chi connectivity index (χ1v) is 12.9. The van der Waals surface area contributed by atoms with Crippen molar-refractivity contribution in [2.24, 2.45) is 0 Å². The van der Waals surface area contributed by atoms with Gasteiger partial charge >= 0.3 is 5.97 Å². The molecule has 1 fully saturated rings. The molecule has 2 aromatic carbocycles. The number of hydrogen-bond acceptors (Lipinski definition) is 5. The number of sulfonamides is 1. The van der Waals surface area contributed by atoms with Crippen LogP contribution < -0.4 is 5.32 Å². The fourth-order valence-corrected chi connectivity index (χ4v) is 5.67. The van der Waals surface area contributed by atoms with E-state index in [-0.39, 0.29) is 21.4 Å². The van der Waals surface area contributed by atoms with E-state index in [0.717, 1.165) is 24.8 Å². The largest absolute Gasteiger partial charge is 0.449 e. The lowest BCUT2D eigenvalue weighted by Crippen LogP contribution is -2.37. The van der Waals surface area contributed by atoms with E-state index in [1.54, 1.807) is 0 Å². The van der Waals surface area contributed by atoms with Crippen molar-refractivity contribution in [1.29, 1.82) is 0 Å². The van der Waals surface area contributed by atoms with Gasteiger partial charge in [0.2, 0.25) is 10.0 Å². The Morgan fingerprint density at radius 3 is 2.39 bits per heavy atom. The number of nitrogens with one attached hydrogen (secondary N) is 1. The summed E-state index contributed by atoms with van der Waals surface area (Å²) in [4.78, 5) is 24.9. The van der Waals surface area contributed by atoms with Crippen molar-refractivity contribution in [2.45, 2.75) is 50.0 Å². The topological polar surface area (TPSA) is 92.8 Å². The van der Waals surface area contributed by atoms with Gasteiger partial charge in [0.05, 0.1) is 10.6 Å². The van der Waals surface area contributed by atoms with E-state index in [9.17, 15) is 18.0 Å². The van der Waals surface area contributed by atoms with Gasteiger partial charge in [0.1, 0.15) is 4.90 Å². The van der Waals surface area contributed by atoms with Gasteiger partial charge in [0, 0.05) is 19.6 Å². The SMILES string of the molecule is CC(OC(=O)c1ccc(Cl)c(S(=O)(=O)N2CCCCC2)c1)C(=O)NCC(C)c1ccccc1. The number of ether oxygens (including phenoxy) is 1. The zero-order valence-corrected chi connectivity index (χ0v) is 20.4. The Morgan fingerprint density at radius 1 is 1.06 bits per heavy atom. The minimum absolute atomic E-state index is 0.0206. The first kappa shape index (κ1) is 25.2. The Hall–Kier alpha value is -2.42. The highest BCUT2D eigenvalue weighted by molar-refractivity contribution is 7.89. The summed E-state index contributed by atoms with van der Waals surface area (Å²) in [7, 11) is -3.82. The Kier molecular flexibility index (Phi) is 8.51. The second kappa shape index (κ2) is 11.1. The van der Waals surface area contributed by atoms with Crippen molar-refractivity contribution < 1.29 is 22.7 Å². The zero-order valence-electron chi connectivity index (χ0n) is 18.8. The second-order valence-electron chi connectivity index (χ2n) is 8.21. The van der Waals surface area contributed by atoms with E-state index in [2.05, 4.69) is 5.32 Å². The molecule has 178 valence electrons. The number of esters is 1. The van der Waals surface area contributed by atoms with E-state index in [4.69, 9.17) is 16.3 Å². The number of amides is 1. The second-order valence-corrected chi connectivity index (χ2v) is 10.5.